The van der Waals surface area contributed by atoms with E-state index in [1.165, 1.54) is 0 Å². The minimum atomic E-state index is -0.180. The molecular weight excluding hydrogens is 419 g/mol. The molecule has 0 saturated heterocycles. The van der Waals surface area contributed by atoms with E-state index in [0.717, 1.165) is 25.9 Å². The second-order valence-electron chi connectivity index (χ2n) is 4.53. The van der Waals surface area contributed by atoms with Gasteiger partial charge in [0.05, 0.1) is 11.4 Å². The summed E-state index contributed by atoms with van der Waals surface area (Å²) < 4.78 is 1.87. The molecule has 1 aliphatic rings. The van der Waals surface area contributed by atoms with Crippen molar-refractivity contribution in [3.63, 3.8) is 0 Å². The third-order valence-electron chi connectivity index (χ3n) is 2.94. The smallest absolute Gasteiger partial charge is 0.272 e. The van der Waals surface area contributed by atoms with Crippen LogP contribution in [-0.2, 0) is 4.79 Å². The second-order valence-corrected chi connectivity index (χ2v) is 6.80. The van der Waals surface area contributed by atoms with Crippen LogP contribution in [0.3, 0.4) is 0 Å². The van der Waals surface area contributed by atoms with Crippen molar-refractivity contribution in [1.82, 2.24) is 0 Å². The summed E-state index contributed by atoms with van der Waals surface area (Å²) >= 11 is 12.8. The lowest BCUT2D eigenvalue weighted by molar-refractivity contribution is -0.112. The molecule has 0 saturated carbocycles. The van der Waals surface area contributed by atoms with Crippen LogP contribution in [0.25, 0.3) is 6.08 Å². The minimum absolute atomic E-state index is 0.180. The Morgan fingerprint density at radius 2 is 1.67 bits per heavy atom. The largest absolute Gasteiger partial charge is 0.349 e. The predicted molar refractivity (Wildman–Crippen MR) is 93.5 cm³/mol. The number of fused-ring (bicyclic) bond motifs is 1. The molecule has 106 valence electrons. The summed E-state index contributed by atoms with van der Waals surface area (Å²) in [5, 5.41) is 6.56. The van der Waals surface area contributed by atoms with Crippen molar-refractivity contribution < 1.29 is 4.79 Å². The summed E-state index contributed by atoms with van der Waals surface area (Å²) in [6.07, 6.45) is 1.79. The Kier molecular flexibility index (Phi) is 4.06. The third kappa shape index (κ3) is 3.31. The zero-order valence-corrected chi connectivity index (χ0v) is 14.5. The first kappa shape index (κ1) is 14.6. The molecule has 0 atom stereocenters. The Morgan fingerprint density at radius 3 is 2.38 bits per heavy atom. The molecule has 1 aliphatic heterocycles. The molecule has 0 radical (unpaired) electrons. The van der Waals surface area contributed by atoms with Crippen LogP contribution in [0.15, 0.2) is 51.0 Å². The number of hydrogen-bond donors (Lipinski definition) is 2. The fraction of sp³-hybridized carbons (Fsp3) is 0. The third-order valence-corrected chi connectivity index (χ3v) is 4.09. The number of carbonyl (C=O) groups is 1. The lowest BCUT2D eigenvalue weighted by Gasteiger charge is -2.21. The van der Waals surface area contributed by atoms with Gasteiger partial charge >= 0.3 is 0 Å². The first-order valence-corrected chi connectivity index (χ1v) is 8.03. The molecule has 6 heteroatoms. The molecule has 1 amide bonds. The Labute approximate surface area is 143 Å². The van der Waals surface area contributed by atoms with Crippen molar-refractivity contribution in [1.29, 1.82) is 0 Å². The van der Waals surface area contributed by atoms with E-state index in [9.17, 15) is 4.79 Å². The fourth-order valence-corrected chi connectivity index (χ4v) is 3.55. The zero-order chi connectivity index (χ0) is 15.0. The molecule has 3 rings (SSSR count). The number of hydrogen-bond acceptors (Lipinski definition) is 2. The van der Waals surface area contributed by atoms with Crippen LogP contribution in [0.5, 0.6) is 0 Å². The van der Waals surface area contributed by atoms with Crippen LogP contribution >= 0.6 is 43.5 Å². The van der Waals surface area contributed by atoms with Gasteiger partial charge in [-0.3, -0.25) is 4.79 Å². The molecular formula is C15H9Br2ClN2O. The van der Waals surface area contributed by atoms with Gasteiger partial charge in [-0.25, -0.2) is 0 Å². The molecule has 2 N–H and O–H groups in total. The van der Waals surface area contributed by atoms with Gasteiger partial charge < -0.3 is 10.6 Å². The molecule has 0 aliphatic carbocycles. The maximum atomic E-state index is 12.1. The van der Waals surface area contributed by atoms with E-state index in [1.807, 2.05) is 18.2 Å². The zero-order valence-electron chi connectivity index (χ0n) is 10.6. The SMILES string of the molecule is O=C1Nc2ccc(Cl)cc2N/C1=C\c1cc(Br)cc(Br)c1. The van der Waals surface area contributed by atoms with Gasteiger partial charge in [0.2, 0.25) is 0 Å². The molecule has 0 aromatic heterocycles. The normalized spacial score (nSPS) is 15.4. The van der Waals surface area contributed by atoms with Gasteiger partial charge in [-0.05, 0) is 48.0 Å². The molecule has 21 heavy (non-hydrogen) atoms. The van der Waals surface area contributed by atoms with Crippen LogP contribution in [0, 0.1) is 0 Å². The van der Waals surface area contributed by atoms with Crippen molar-refractivity contribution in [3.8, 4) is 0 Å². The number of halogens is 3. The number of anilines is 2. The van der Waals surface area contributed by atoms with Crippen LogP contribution in [0.1, 0.15) is 5.56 Å². The summed E-state index contributed by atoms with van der Waals surface area (Å²) in [7, 11) is 0. The molecule has 3 nitrogen and oxygen atoms in total. The standard InChI is InChI=1S/C15H9Br2ClN2O/c16-9-3-8(4-10(17)6-9)5-14-15(21)20-12-2-1-11(18)7-13(12)19-14/h1-7,19H,(H,20,21)/b14-5-. The number of rotatable bonds is 1. The first-order valence-electron chi connectivity index (χ1n) is 6.07. The maximum absolute atomic E-state index is 12.1. The monoisotopic (exact) mass is 426 g/mol. The van der Waals surface area contributed by atoms with Crippen molar-refractivity contribution in [2.45, 2.75) is 0 Å². The first-order chi connectivity index (χ1) is 10.0. The average Bonchev–Trinajstić information content (AvgIpc) is 2.39. The number of amides is 1. The number of nitrogens with one attached hydrogen (secondary N) is 2. The Morgan fingerprint density at radius 1 is 0.952 bits per heavy atom. The highest BCUT2D eigenvalue weighted by Crippen LogP contribution is 2.31. The van der Waals surface area contributed by atoms with Crippen LogP contribution in [0.4, 0.5) is 11.4 Å². The van der Waals surface area contributed by atoms with E-state index in [-0.39, 0.29) is 5.91 Å². The van der Waals surface area contributed by atoms with E-state index >= 15 is 0 Å². The molecule has 0 fully saturated rings. The predicted octanol–water partition coefficient (Wildman–Crippen LogP) is 5.27. The van der Waals surface area contributed by atoms with E-state index in [0.29, 0.717) is 10.7 Å². The van der Waals surface area contributed by atoms with E-state index in [1.54, 1.807) is 24.3 Å². The summed E-state index contributed by atoms with van der Waals surface area (Å²) in [6, 6.07) is 11.1. The highest BCUT2D eigenvalue weighted by Gasteiger charge is 2.19. The van der Waals surface area contributed by atoms with Gasteiger partial charge in [0.1, 0.15) is 5.70 Å². The fourth-order valence-electron chi connectivity index (χ4n) is 2.05. The highest BCUT2D eigenvalue weighted by molar-refractivity contribution is 9.11. The van der Waals surface area contributed by atoms with E-state index in [2.05, 4.69) is 42.5 Å². The molecule has 0 bridgehead atoms. The van der Waals surface area contributed by atoms with Crippen LogP contribution in [-0.4, -0.2) is 5.91 Å². The Bertz CT molecular complexity index is 754. The van der Waals surface area contributed by atoms with E-state index in [4.69, 9.17) is 11.6 Å². The Balaban J connectivity index is 1.99. The van der Waals surface area contributed by atoms with Crippen molar-refractivity contribution >= 4 is 66.8 Å². The number of carbonyl (C=O) groups excluding carboxylic acids is 1. The molecule has 0 unspecified atom stereocenters. The molecule has 2 aromatic rings. The van der Waals surface area contributed by atoms with Gasteiger partial charge in [0.15, 0.2) is 0 Å². The van der Waals surface area contributed by atoms with Crippen LogP contribution < -0.4 is 10.6 Å². The van der Waals surface area contributed by atoms with Crippen LogP contribution in [0.2, 0.25) is 5.02 Å². The lowest BCUT2D eigenvalue weighted by Crippen LogP contribution is -2.25. The second kappa shape index (κ2) is 5.83. The van der Waals surface area contributed by atoms with Gasteiger partial charge in [-0.15, -0.1) is 0 Å². The van der Waals surface area contributed by atoms with Crippen molar-refractivity contribution in [3.05, 3.63) is 61.6 Å². The summed E-state index contributed by atoms with van der Waals surface area (Å²) in [5.74, 6) is -0.180. The molecule has 2 aromatic carbocycles. The van der Waals surface area contributed by atoms with E-state index < -0.39 is 0 Å². The molecule has 1 heterocycles. The highest BCUT2D eigenvalue weighted by atomic mass is 79.9. The van der Waals surface area contributed by atoms with Gasteiger partial charge in [-0.1, -0.05) is 43.5 Å². The lowest BCUT2D eigenvalue weighted by atomic mass is 10.1. The van der Waals surface area contributed by atoms with Crippen molar-refractivity contribution in [2.24, 2.45) is 0 Å². The minimum Gasteiger partial charge on any atom is -0.349 e. The Hall–Kier alpha value is -1.30. The summed E-state index contributed by atoms with van der Waals surface area (Å²) in [4.78, 5) is 12.1. The topological polar surface area (TPSA) is 41.1 Å². The summed E-state index contributed by atoms with van der Waals surface area (Å²) in [5.41, 5.74) is 2.87. The van der Waals surface area contributed by atoms with Gasteiger partial charge in [0.25, 0.3) is 5.91 Å². The summed E-state index contributed by atoms with van der Waals surface area (Å²) in [6.45, 7) is 0. The van der Waals surface area contributed by atoms with Gasteiger partial charge in [-0.2, -0.15) is 0 Å². The quantitative estimate of drug-likeness (QED) is 0.608. The maximum Gasteiger partial charge on any atom is 0.272 e. The van der Waals surface area contributed by atoms with Gasteiger partial charge in [0, 0.05) is 14.0 Å². The average molecular weight is 429 g/mol. The number of benzene rings is 2. The van der Waals surface area contributed by atoms with Crippen molar-refractivity contribution in [2.75, 3.05) is 10.6 Å². The molecule has 0 spiro atoms.